The van der Waals surface area contributed by atoms with Crippen LogP contribution >= 0.6 is 0 Å². The third-order valence-electron chi connectivity index (χ3n) is 15.6. The summed E-state index contributed by atoms with van der Waals surface area (Å²) in [6.45, 7) is 0. The first kappa shape index (κ1) is 43.5. The van der Waals surface area contributed by atoms with Crippen molar-refractivity contribution in [1.82, 2.24) is 33.2 Å². The molecule has 0 spiro atoms. The van der Waals surface area contributed by atoms with Gasteiger partial charge in [0.05, 0.1) is 55.8 Å². The molecule has 0 aliphatic rings. The van der Waals surface area contributed by atoms with Crippen molar-refractivity contribution in [1.29, 1.82) is 5.26 Å². The Kier molecular flexibility index (Phi) is 9.53. The van der Waals surface area contributed by atoms with E-state index in [1.807, 2.05) is 18.2 Å². The Morgan fingerprint density at radius 2 is 0.590 bits per heavy atom. The van der Waals surface area contributed by atoms with Gasteiger partial charge in [-0.15, -0.1) is 0 Å². The summed E-state index contributed by atoms with van der Waals surface area (Å²) in [5, 5.41) is 19.2. The molecule has 0 bridgehead atoms. The molecule has 78 heavy (non-hydrogen) atoms. The molecule has 0 radical (unpaired) electrons. The molecular weight excluding hydrogens is 953 g/mol. The van der Waals surface area contributed by atoms with Gasteiger partial charge in [0.1, 0.15) is 0 Å². The van der Waals surface area contributed by atoms with Crippen molar-refractivity contribution in [3.8, 4) is 63.0 Å². The average molecular weight is 995 g/mol. The van der Waals surface area contributed by atoms with Crippen LogP contribution in [0.1, 0.15) is 5.56 Å². The predicted molar refractivity (Wildman–Crippen MR) is 318 cm³/mol. The topological polar surface area (TPSA) is 82.2 Å². The van der Waals surface area contributed by atoms with E-state index in [0.717, 1.165) is 93.8 Å². The lowest BCUT2D eigenvalue weighted by Crippen LogP contribution is -2.10. The number of fused-ring (bicyclic) bond motifs is 12. The van der Waals surface area contributed by atoms with Gasteiger partial charge in [0, 0.05) is 60.0 Å². The van der Waals surface area contributed by atoms with E-state index >= 15 is 0 Å². The van der Waals surface area contributed by atoms with Crippen molar-refractivity contribution in [3.05, 3.63) is 260 Å². The molecule has 0 saturated heterocycles. The fourth-order valence-corrected chi connectivity index (χ4v) is 12.2. The van der Waals surface area contributed by atoms with Crippen LogP contribution in [0.2, 0.25) is 0 Å². The molecule has 11 aromatic carbocycles. The Morgan fingerprint density at radius 3 is 0.974 bits per heavy atom. The van der Waals surface area contributed by atoms with Gasteiger partial charge in [-0.1, -0.05) is 146 Å². The molecule has 0 saturated carbocycles. The fourth-order valence-electron chi connectivity index (χ4n) is 12.2. The predicted octanol–water partition coefficient (Wildman–Crippen LogP) is 17.1. The minimum Gasteiger partial charge on any atom is -0.309 e. The molecule has 0 atom stereocenters. The summed E-state index contributed by atoms with van der Waals surface area (Å²) in [5.41, 5.74) is 16.5. The summed E-state index contributed by atoms with van der Waals surface area (Å²) in [7, 11) is 0. The maximum Gasteiger partial charge on any atom is 0.240 e. The van der Waals surface area contributed by atoms with Crippen molar-refractivity contribution in [2.75, 3.05) is 0 Å². The molecule has 16 rings (SSSR count). The highest BCUT2D eigenvalue weighted by atomic mass is 15.3. The summed E-state index contributed by atoms with van der Waals surface area (Å²) in [6, 6.07) is 92.3. The maximum absolute atomic E-state index is 10.1. The highest BCUT2D eigenvalue weighted by Crippen LogP contribution is 2.41. The van der Waals surface area contributed by atoms with Crippen molar-refractivity contribution < 1.29 is 0 Å². The number of hydrogen-bond acceptors (Lipinski definition) is 4. The minimum absolute atomic E-state index is 0.461. The molecule has 8 nitrogen and oxygen atoms in total. The van der Waals surface area contributed by atoms with Crippen LogP contribution in [0.5, 0.6) is 0 Å². The molecule has 0 unspecified atom stereocenters. The van der Waals surface area contributed by atoms with Gasteiger partial charge in [0.25, 0.3) is 0 Å². The largest absolute Gasteiger partial charge is 0.309 e. The van der Waals surface area contributed by atoms with Gasteiger partial charge in [-0.05, 0) is 131 Å². The number of nitriles is 1. The Labute approximate surface area is 446 Å². The second-order valence-electron chi connectivity index (χ2n) is 20.0. The standard InChI is InChI=1S/C70H42N8/c71-43-44-16-15-17-49(38-44)68-72-69(77-62-28-13-9-24-54(62)58-41-47(32-36-66(58)77)45-30-34-64-56(39-45)52-22-7-11-26-60(52)75(64)50-18-3-1-4-19-50)74-70(73-68)78-63-29-14-10-25-55(63)59-42-48(33-37-67(59)78)46-31-35-65-57(40-46)53-23-8-12-27-61(53)76(65)51-20-5-2-6-21-51/h1-42H. The van der Waals surface area contributed by atoms with Crippen LogP contribution in [-0.2, 0) is 0 Å². The summed E-state index contributed by atoms with van der Waals surface area (Å²) in [6.07, 6.45) is 0. The number of para-hydroxylation sites is 6. The second-order valence-corrected chi connectivity index (χ2v) is 20.0. The quantitative estimate of drug-likeness (QED) is 0.159. The van der Waals surface area contributed by atoms with Gasteiger partial charge in [0.15, 0.2) is 5.82 Å². The Morgan fingerprint density at radius 1 is 0.256 bits per heavy atom. The summed E-state index contributed by atoms with van der Waals surface area (Å²) in [5.74, 6) is 1.40. The maximum atomic E-state index is 10.1. The Balaban J connectivity index is 0.869. The minimum atomic E-state index is 0.461. The van der Waals surface area contributed by atoms with Crippen LogP contribution in [-0.4, -0.2) is 33.2 Å². The number of nitrogens with zero attached hydrogens (tertiary/aromatic N) is 8. The van der Waals surface area contributed by atoms with E-state index in [-0.39, 0.29) is 0 Å². The molecule has 5 heterocycles. The highest BCUT2D eigenvalue weighted by Gasteiger charge is 2.23. The van der Waals surface area contributed by atoms with Gasteiger partial charge in [-0.25, -0.2) is 0 Å². The molecule has 16 aromatic rings. The first-order valence-electron chi connectivity index (χ1n) is 26.2. The monoisotopic (exact) mass is 994 g/mol. The SMILES string of the molecule is N#Cc1cccc(-c2nc(-n3c4ccccc4c4cc(-c5ccc6c(c5)c5ccccc5n6-c5ccccc5)ccc43)nc(-n3c4ccccc4c4cc(-c5ccc6c(c5)c5ccccc5n6-c5ccccc5)ccc43)n2)c1. The Hall–Kier alpha value is -10.9. The average Bonchev–Trinajstić information content (AvgIpc) is 4.31. The van der Waals surface area contributed by atoms with Crippen molar-refractivity contribution >= 4 is 87.2 Å². The molecule has 0 amide bonds. The second kappa shape index (κ2) is 17.1. The summed E-state index contributed by atoms with van der Waals surface area (Å²) in [4.78, 5) is 16.1. The zero-order chi connectivity index (χ0) is 51.4. The number of benzene rings is 11. The lowest BCUT2D eigenvalue weighted by Gasteiger charge is -2.13. The Bertz CT molecular complexity index is 4870. The number of hydrogen-bond donors (Lipinski definition) is 0. The molecule has 8 heteroatoms. The van der Waals surface area contributed by atoms with Crippen LogP contribution in [0.25, 0.3) is 144 Å². The van der Waals surface area contributed by atoms with Crippen LogP contribution < -0.4 is 0 Å². The van der Waals surface area contributed by atoms with Crippen molar-refractivity contribution in [3.63, 3.8) is 0 Å². The van der Waals surface area contributed by atoms with Gasteiger partial charge in [0.2, 0.25) is 11.9 Å². The first-order valence-corrected chi connectivity index (χ1v) is 26.2. The lowest BCUT2D eigenvalue weighted by molar-refractivity contribution is 0.893. The summed E-state index contributed by atoms with van der Waals surface area (Å²) < 4.78 is 9.02. The van der Waals surface area contributed by atoms with Crippen molar-refractivity contribution in [2.24, 2.45) is 0 Å². The van der Waals surface area contributed by atoms with Crippen LogP contribution in [0, 0.1) is 11.3 Å². The molecule has 0 aliphatic heterocycles. The molecule has 0 N–H and O–H groups in total. The summed E-state index contributed by atoms with van der Waals surface area (Å²) >= 11 is 0. The fraction of sp³-hybridized carbons (Fsp3) is 0. The molecule has 0 fully saturated rings. The molecule has 362 valence electrons. The van der Waals surface area contributed by atoms with E-state index in [9.17, 15) is 5.26 Å². The van der Waals surface area contributed by atoms with Gasteiger partial charge >= 0.3 is 0 Å². The number of rotatable bonds is 7. The molecule has 5 aromatic heterocycles. The van der Waals surface area contributed by atoms with E-state index in [1.54, 1.807) is 6.07 Å². The highest BCUT2D eigenvalue weighted by molar-refractivity contribution is 6.14. The van der Waals surface area contributed by atoms with Crippen LogP contribution in [0.15, 0.2) is 255 Å². The van der Waals surface area contributed by atoms with E-state index in [4.69, 9.17) is 15.0 Å². The van der Waals surface area contributed by atoms with Crippen LogP contribution in [0.3, 0.4) is 0 Å². The van der Waals surface area contributed by atoms with Crippen molar-refractivity contribution in [2.45, 2.75) is 0 Å². The molecular formula is C70H42N8. The normalized spacial score (nSPS) is 11.8. The van der Waals surface area contributed by atoms with Gasteiger partial charge in [-0.2, -0.15) is 20.2 Å². The van der Waals surface area contributed by atoms with E-state index in [0.29, 0.717) is 23.3 Å². The van der Waals surface area contributed by atoms with E-state index in [2.05, 4.69) is 255 Å². The first-order chi connectivity index (χ1) is 38.6. The van der Waals surface area contributed by atoms with E-state index < -0.39 is 0 Å². The van der Waals surface area contributed by atoms with E-state index in [1.165, 1.54) is 32.6 Å². The van der Waals surface area contributed by atoms with Gasteiger partial charge < -0.3 is 9.13 Å². The van der Waals surface area contributed by atoms with Crippen LogP contribution in [0.4, 0.5) is 0 Å². The zero-order valence-electron chi connectivity index (χ0n) is 41.8. The number of aromatic nitrogens is 7. The molecule has 0 aliphatic carbocycles. The van der Waals surface area contributed by atoms with Gasteiger partial charge in [-0.3, -0.25) is 9.13 Å². The third kappa shape index (κ3) is 6.62. The third-order valence-corrected chi connectivity index (χ3v) is 15.6. The lowest BCUT2D eigenvalue weighted by atomic mass is 10.0. The zero-order valence-corrected chi connectivity index (χ0v) is 41.8. The smallest absolute Gasteiger partial charge is 0.240 e.